The van der Waals surface area contributed by atoms with Crippen LogP contribution in [0, 0.1) is 5.41 Å². The highest BCUT2D eigenvalue weighted by atomic mass is 19.4. The van der Waals surface area contributed by atoms with Crippen LogP contribution in [0.2, 0.25) is 0 Å². The average molecular weight is 593 g/mol. The van der Waals surface area contributed by atoms with Gasteiger partial charge in [0.1, 0.15) is 29.4 Å². The van der Waals surface area contributed by atoms with E-state index in [2.05, 4.69) is 10.3 Å². The smallest absolute Gasteiger partial charge is 0.421 e. The van der Waals surface area contributed by atoms with E-state index in [4.69, 9.17) is 16.2 Å². The van der Waals surface area contributed by atoms with E-state index < -0.39 is 66.1 Å². The maximum atomic E-state index is 13.8. The van der Waals surface area contributed by atoms with E-state index in [1.165, 1.54) is 18.2 Å². The molecule has 0 atom stereocenters. The first kappa shape index (κ1) is 31.7. The number of carboxylic acids is 1. The monoisotopic (exact) mass is 592 g/mol. The first-order chi connectivity index (χ1) is 19.7. The molecule has 2 aromatic rings. The van der Waals surface area contributed by atoms with Gasteiger partial charge in [-0.3, -0.25) is 24.8 Å². The molecule has 1 saturated heterocycles. The van der Waals surface area contributed by atoms with Crippen molar-refractivity contribution >= 4 is 40.8 Å². The molecule has 0 aliphatic carbocycles. The van der Waals surface area contributed by atoms with Crippen molar-refractivity contribution in [2.45, 2.75) is 44.8 Å². The average Bonchev–Trinajstić information content (AvgIpc) is 2.91. The number of nitrogens with one attached hydrogen (secondary N) is 2. The molecule has 0 aromatic heterocycles. The number of hydrogen-bond donors (Lipinski definition) is 6. The van der Waals surface area contributed by atoms with Gasteiger partial charge in [-0.2, -0.15) is 13.2 Å². The number of nitrogens with zero attached hydrogens (tertiary/aromatic N) is 3. The van der Waals surface area contributed by atoms with Gasteiger partial charge in [0.05, 0.1) is 29.7 Å². The molecule has 2 amide bonds. The van der Waals surface area contributed by atoms with Crippen LogP contribution in [0.5, 0.6) is 11.5 Å². The Morgan fingerprint density at radius 2 is 1.79 bits per heavy atom. The van der Waals surface area contributed by atoms with Gasteiger partial charge in [-0.1, -0.05) is 6.07 Å². The van der Waals surface area contributed by atoms with Crippen molar-refractivity contribution in [2.75, 3.05) is 29.9 Å². The van der Waals surface area contributed by atoms with Crippen LogP contribution in [-0.4, -0.2) is 75.4 Å². The summed E-state index contributed by atoms with van der Waals surface area (Å²) >= 11 is 0. The molecule has 0 radical (unpaired) electrons. The van der Waals surface area contributed by atoms with Crippen LogP contribution in [0.15, 0.2) is 41.4 Å². The topological polar surface area (TPSA) is 193 Å². The molecule has 1 fully saturated rings. The maximum absolute atomic E-state index is 13.8. The SMILES string of the molecule is CC(=N)N1CCC(N=C(N)c2ccc(O)c(NC(=O)CN(C(=O)CCC(=O)O)c3cccc(O)c3C(F)(F)F)c2)CC1. The first-order valence-electron chi connectivity index (χ1n) is 12.8. The summed E-state index contributed by atoms with van der Waals surface area (Å²) < 4.78 is 41.3. The van der Waals surface area contributed by atoms with Crippen LogP contribution in [-0.2, 0) is 20.6 Å². The number of amidine groups is 2. The van der Waals surface area contributed by atoms with E-state index in [-0.39, 0.29) is 17.6 Å². The number of carboxylic acid groups (broad SMARTS) is 1. The molecule has 7 N–H and O–H groups in total. The zero-order valence-corrected chi connectivity index (χ0v) is 22.6. The lowest BCUT2D eigenvalue weighted by Gasteiger charge is -2.31. The quantitative estimate of drug-likeness (QED) is 0.145. The summed E-state index contributed by atoms with van der Waals surface area (Å²) in [5.74, 6) is -4.51. The zero-order valence-electron chi connectivity index (χ0n) is 22.6. The van der Waals surface area contributed by atoms with Crippen LogP contribution in [0.4, 0.5) is 24.5 Å². The van der Waals surface area contributed by atoms with Gasteiger partial charge in [-0.05, 0) is 50.1 Å². The molecule has 0 spiro atoms. The Morgan fingerprint density at radius 1 is 1.12 bits per heavy atom. The van der Waals surface area contributed by atoms with Crippen LogP contribution in [0.3, 0.4) is 0 Å². The minimum absolute atomic E-state index is 0.108. The minimum atomic E-state index is -5.11. The van der Waals surface area contributed by atoms with Crippen LogP contribution in [0.25, 0.3) is 0 Å². The number of aromatic hydroxyl groups is 2. The predicted molar refractivity (Wildman–Crippen MR) is 148 cm³/mol. The van der Waals surface area contributed by atoms with Gasteiger partial charge in [-0.25, -0.2) is 0 Å². The lowest BCUT2D eigenvalue weighted by molar-refractivity contribution is -0.140. The minimum Gasteiger partial charge on any atom is -0.507 e. The van der Waals surface area contributed by atoms with Gasteiger partial charge in [0.2, 0.25) is 11.8 Å². The van der Waals surface area contributed by atoms with Gasteiger partial charge in [0, 0.05) is 25.1 Å². The second kappa shape index (κ2) is 13.2. The number of phenolic OH excluding ortho intramolecular Hbond substituents is 2. The number of piperidine rings is 1. The number of benzene rings is 2. The molecule has 226 valence electrons. The summed E-state index contributed by atoms with van der Waals surface area (Å²) in [7, 11) is 0. The largest absolute Gasteiger partial charge is 0.507 e. The van der Waals surface area contributed by atoms with Crippen LogP contribution < -0.4 is 16.0 Å². The second-order valence-electron chi connectivity index (χ2n) is 9.64. The van der Waals surface area contributed by atoms with Gasteiger partial charge >= 0.3 is 12.1 Å². The Bertz CT molecular complexity index is 1390. The van der Waals surface area contributed by atoms with Crippen LogP contribution >= 0.6 is 0 Å². The number of carbonyl (C=O) groups excluding carboxylic acids is 2. The Labute approximate surface area is 238 Å². The van der Waals surface area contributed by atoms with Crippen molar-refractivity contribution in [2.24, 2.45) is 10.7 Å². The molecule has 2 aromatic carbocycles. The summed E-state index contributed by atoms with van der Waals surface area (Å²) in [6.07, 6.45) is -5.21. The summed E-state index contributed by atoms with van der Waals surface area (Å²) in [6, 6.07) is 6.59. The number of phenols is 2. The van der Waals surface area contributed by atoms with Gasteiger partial charge < -0.3 is 36.2 Å². The highest BCUT2D eigenvalue weighted by molar-refractivity contribution is 6.05. The maximum Gasteiger partial charge on any atom is 0.421 e. The molecule has 12 nitrogen and oxygen atoms in total. The van der Waals surface area contributed by atoms with E-state index in [1.54, 1.807) is 6.92 Å². The molecule has 1 aliphatic rings. The number of hydrogen-bond acceptors (Lipinski definition) is 7. The first-order valence-corrected chi connectivity index (χ1v) is 12.8. The standard InChI is InChI=1S/C27H31F3N6O6/c1-15(31)35-11-9-17(10-12-35)33-26(32)16-5-6-20(37)18(13-16)34-22(39)14-36(23(40)7-8-24(41)42)19-3-2-4-21(38)25(19)27(28,29)30/h2-6,13,17,31,37-38H,7-12,14H2,1H3,(H2,32,33)(H,34,39)(H,41,42). The van der Waals surface area contributed by atoms with Gasteiger partial charge in [0.25, 0.3) is 0 Å². The fourth-order valence-electron chi connectivity index (χ4n) is 4.43. The van der Waals surface area contributed by atoms with Crippen LogP contribution in [0.1, 0.15) is 43.7 Å². The Morgan fingerprint density at radius 3 is 2.38 bits per heavy atom. The molecule has 42 heavy (non-hydrogen) atoms. The third-order valence-electron chi connectivity index (χ3n) is 6.58. The van der Waals surface area contributed by atoms with Gasteiger partial charge in [0.15, 0.2) is 0 Å². The zero-order chi connectivity index (χ0) is 31.2. The van der Waals surface area contributed by atoms with Gasteiger partial charge in [-0.15, -0.1) is 0 Å². The number of carbonyl (C=O) groups is 3. The number of alkyl halides is 3. The summed E-state index contributed by atoms with van der Waals surface area (Å²) in [5, 5.41) is 39.2. The molecular formula is C27H31F3N6O6. The van der Waals surface area contributed by atoms with Crippen molar-refractivity contribution in [3.63, 3.8) is 0 Å². The van der Waals surface area contributed by atoms with E-state index in [0.29, 0.717) is 42.2 Å². The fraction of sp³-hybridized carbons (Fsp3) is 0.370. The molecule has 1 aliphatic heterocycles. The number of anilines is 2. The molecule has 1 heterocycles. The van der Waals surface area contributed by atoms with E-state index in [1.807, 2.05) is 4.90 Å². The van der Waals surface area contributed by atoms with Crippen molar-refractivity contribution in [1.82, 2.24) is 4.90 Å². The van der Waals surface area contributed by atoms with Crippen molar-refractivity contribution < 1.29 is 42.9 Å². The predicted octanol–water partition coefficient (Wildman–Crippen LogP) is 3.12. The third kappa shape index (κ3) is 8.11. The number of rotatable bonds is 9. The third-order valence-corrected chi connectivity index (χ3v) is 6.58. The summed E-state index contributed by atoms with van der Waals surface area (Å²) in [5.41, 5.74) is 3.94. The fourth-order valence-corrected chi connectivity index (χ4v) is 4.43. The van der Waals surface area contributed by atoms with Crippen molar-refractivity contribution in [3.05, 3.63) is 47.5 Å². The lowest BCUT2D eigenvalue weighted by Crippen LogP contribution is -2.39. The Hall–Kier alpha value is -4.82. The van der Waals surface area contributed by atoms with Crippen molar-refractivity contribution in [3.8, 4) is 11.5 Å². The molecule has 15 heteroatoms. The molecule has 0 unspecified atom stereocenters. The highest BCUT2D eigenvalue weighted by Gasteiger charge is 2.39. The molecular weight excluding hydrogens is 561 g/mol. The Balaban J connectivity index is 1.84. The summed E-state index contributed by atoms with van der Waals surface area (Å²) in [6.45, 7) is 1.99. The number of likely N-dealkylation sites (tertiary alicyclic amines) is 1. The van der Waals surface area contributed by atoms with E-state index in [9.17, 15) is 37.8 Å². The highest BCUT2D eigenvalue weighted by Crippen LogP contribution is 2.42. The van der Waals surface area contributed by atoms with E-state index >= 15 is 0 Å². The number of halogens is 3. The van der Waals surface area contributed by atoms with Crippen molar-refractivity contribution in [1.29, 1.82) is 5.41 Å². The normalized spacial score (nSPS) is 14.4. The van der Waals surface area contributed by atoms with E-state index in [0.717, 1.165) is 18.2 Å². The molecule has 0 saturated carbocycles. The Kier molecular flexibility index (Phi) is 9.99. The molecule has 3 rings (SSSR count). The summed E-state index contributed by atoms with van der Waals surface area (Å²) in [4.78, 5) is 43.6. The number of nitrogens with two attached hydrogens (primary N) is 1. The molecule has 0 bridgehead atoms. The second-order valence-corrected chi connectivity index (χ2v) is 9.64. The lowest BCUT2D eigenvalue weighted by atomic mass is 10.1. The number of aliphatic carboxylic acids is 1. The number of aliphatic imine (C=N–C) groups is 1. The number of amides is 2.